The third-order valence-corrected chi connectivity index (χ3v) is 24.9. The average molecular weight is 1570 g/mol. The molecular formula is C86H188F2N19O3+. The second-order valence-electron chi connectivity index (χ2n) is 37.4. The lowest BCUT2D eigenvalue weighted by molar-refractivity contribution is -0.894. The fraction of sp³-hybridized carbons (Fsp3) is 1.00. The molecule has 0 aromatic heterocycles. The van der Waals surface area contributed by atoms with Crippen LogP contribution in [0.25, 0.3) is 0 Å². The van der Waals surface area contributed by atoms with Gasteiger partial charge in [0.05, 0.1) is 53.1 Å². The molecule has 14 rings (SSSR count). The van der Waals surface area contributed by atoms with Gasteiger partial charge in [-0.15, -0.1) is 0 Å². The number of hydrogen-bond acceptors (Lipinski definition) is 21. The van der Waals surface area contributed by atoms with Crippen LogP contribution in [0.5, 0.6) is 0 Å². The van der Waals surface area contributed by atoms with Gasteiger partial charge in [0.1, 0.15) is 0 Å². The molecule has 0 bridgehead atoms. The summed E-state index contributed by atoms with van der Waals surface area (Å²) in [7, 11) is 49.1. The molecular weight excluding hydrogens is 1390 g/mol. The summed E-state index contributed by atoms with van der Waals surface area (Å²) >= 11 is 0. The highest BCUT2D eigenvalue weighted by Crippen LogP contribution is 2.40. The van der Waals surface area contributed by atoms with E-state index in [9.17, 15) is 8.78 Å². The van der Waals surface area contributed by atoms with Crippen molar-refractivity contribution in [2.45, 2.75) is 134 Å². The molecule has 1 saturated carbocycles. The summed E-state index contributed by atoms with van der Waals surface area (Å²) in [6.45, 7) is 47.5. The second kappa shape index (κ2) is 61.3. The Kier molecular flexibility index (Phi) is 58.5. The van der Waals surface area contributed by atoms with Crippen molar-refractivity contribution in [3.63, 3.8) is 0 Å². The number of quaternary nitrogens is 1. The van der Waals surface area contributed by atoms with Gasteiger partial charge in [0.25, 0.3) is 5.92 Å². The number of alkyl halides is 2. The van der Waals surface area contributed by atoms with E-state index in [4.69, 9.17) is 14.2 Å². The predicted octanol–water partition coefficient (Wildman–Crippen LogP) is 6.95. The van der Waals surface area contributed by atoms with Gasteiger partial charge < -0.3 is 102 Å². The third kappa shape index (κ3) is 56.4. The fourth-order valence-electron chi connectivity index (χ4n) is 15.2. The molecule has 14 fully saturated rings. The van der Waals surface area contributed by atoms with E-state index in [0.717, 1.165) is 81.8 Å². The molecule has 0 amide bonds. The zero-order valence-corrected chi connectivity index (χ0v) is 77.3. The first-order chi connectivity index (χ1) is 52.1. The van der Waals surface area contributed by atoms with Crippen LogP contribution in [0, 0.1) is 23.2 Å². The maximum Gasteiger partial charge on any atom is 0.250 e. The van der Waals surface area contributed by atoms with Crippen molar-refractivity contribution in [1.82, 2.24) is 88.6 Å². The Labute approximate surface area is 681 Å². The van der Waals surface area contributed by atoms with Gasteiger partial charge in [0, 0.05) is 171 Å². The lowest BCUT2D eigenvalue weighted by Crippen LogP contribution is -2.53. The fourth-order valence-corrected chi connectivity index (χ4v) is 15.2. The predicted molar refractivity (Wildman–Crippen MR) is 469 cm³/mol. The molecule has 0 radical (unpaired) electrons. The van der Waals surface area contributed by atoms with Gasteiger partial charge in [0.2, 0.25) is 0 Å². The monoisotopic (exact) mass is 1570 g/mol. The summed E-state index contributed by atoms with van der Waals surface area (Å²) in [4.78, 5) is 40.0. The Morgan fingerprint density at radius 2 is 0.709 bits per heavy atom. The van der Waals surface area contributed by atoms with Gasteiger partial charge in [0.15, 0.2) is 0 Å². The van der Waals surface area contributed by atoms with E-state index >= 15 is 0 Å². The highest BCUT2D eigenvalue weighted by atomic mass is 19.3. The second-order valence-corrected chi connectivity index (χ2v) is 37.4. The molecule has 110 heavy (non-hydrogen) atoms. The smallest absolute Gasteiger partial charge is 0.250 e. The number of ether oxygens (including phenoxy) is 3. The van der Waals surface area contributed by atoms with E-state index < -0.39 is 5.92 Å². The molecule has 1 N–H and O–H groups in total. The summed E-state index contributed by atoms with van der Waals surface area (Å²) in [5, 5.41) is 3.27. The Balaban J connectivity index is 0.000000407. The van der Waals surface area contributed by atoms with Crippen molar-refractivity contribution in [2.75, 3.05) is 411 Å². The van der Waals surface area contributed by atoms with E-state index in [-0.39, 0.29) is 12.8 Å². The van der Waals surface area contributed by atoms with Crippen molar-refractivity contribution in [3.05, 3.63) is 0 Å². The van der Waals surface area contributed by atoms with Gasteiger partial charge in [-0.05, 0) is 319 Å². The summed E-state index contributed by atoms with van der Waals surface area (Å²) in [6, 6.07) is 0.830. The molecule has 22 nitrogen and oxygen atoms in total. The molecule has 658 valence electrons. The molecule has 13 heterocycles. The van der Waals surface area contributed by atoms with E-state index in [1.165, 1.54) is 284 Å². The number of hydrogen-bond donors (Lipinski definition) is 1. The summed E-state index contributed by atoms with van der Waals surface area (Å²) in [6.07, 6.45) is 21.6. The number of morpholine rings is 1. The largest absolute Gasteiger partial charge is 0.383 e. The van der Waals surface area contributed by atoms with Gasteiger partial charge in [-0.25, -0.2) is 8.78 Å². The van der Waals surface area contributed by atoms with E-state index in [0.29, 0.717) is 19.2 Å². The Hall–Kier alpha value is -1.02. The minimum absolute atomic E-state index is 0.0312. The Bertz CT molecular complexity index is 1910. The van der Waals surface area contributed by atoms with Crippen LogP contribution in [-0.2, 0) is 14.2 Å². The maximum absolute atomic E-state index is 12.4. The number of nitrogens with one attached hydrogen (secondary N) is 1. The maximum atomic E-state index is 12.4. The first kappa shape index (κ1) is 105. The van der Waals surface area contributed by atoms with Crippen molar-refractivity contribution in [1.29, 1.82) is 0 Å². The lowest BCUT2D eigenvalue weighted by Gasteiger charge is -2.45. The van der Waals surface area contributed by atoms with Crippen molar-refractivity contribution < 1.29 is 27.5 Å². The molecule has 1 spiro atoms. The Morgan fingerprint density at radius 3 is 1.00 bits per heavy atom. The summed E-state index contributed by atoms with van der Waals surface area (Å²) in [5.41, 5.74) is 0.735. The van der Waals surface area contributed by atoms with Gasteiger partial charge in [-0.1, -0.05) is 19.8 Å². The summed E-state index contributed by atoms with van der Waals surface area (Å²) < 4.78 is 40.7. The van der Waals surface area contributed by atoms with Crippen LogP contribution >= 0.6 is 0 Å². The van der Waals surface area contributed by atoms with E-state index in [1.807, 2.05) is 26.0 Å². The minimum Gasteiger partial charge on any atom is -0.383 e. The van der Waals surface area contributed by atoms with Crippen LogP contribution in [0.15, 0.2) is 0 Å². The molecule has 1 aliphatic carbocycles. The van der Waals surface area contributed by atoms with Crippen LogP contribution in [0.1, 0.15) is 116 Å². The van der Waals surface area contributed by atoms with Crippen LogP contribution in [0.3, 0.4) is 0 Å². The number of likely N-dealkylation sites (N-methyl/N-ethyl adjacent to an activating group) is 9. The quantitative estimate of drug-likeness (QED) is 0.288. The SMILES string of the molecule is CC1CCN(C)CC1.CN1CC2CN(C)CC2C1.CN1CCC(F)(F)CC1.CN1CCC(N(C)C)CC1.CN1CCC2(CC1)CCN(C)CC2.CN1CCCCCC1.CN1CCCN(C)CC1.CN1CCN(C)CC1.CN1CCNCC1.CN1CCOCC1.CN1CC[N+](C)(C)CC1.COC1CC1.COCCN(C)C. The molecule has 0 aromatic carbocycles. The molecule has 24 heteroatoms. The number of likely N-dealkylation sites (tertiary alicyclic amines) is 8. The van der Waals surface area contributed by atoms with E-state index in [1.54, 1.807) is 14.2 Å². The highest BCUT2D eigenvalue weighted by molar-refractivity contribution is 4.91. The van der Waals surface area contributed by atoms with Gasteiger partial charge >= 0.3 is 0 Å². The van der Waals surface area contributed by atoms with Crippen LogP contribution in [0.4, 0.5) is 8.78 Å². The lowest BCUT2D eigenvalue weighted by atomic mass is 9.71. The number of methoxy groups -OCH3 is 2. The molecule has 0 aromatic rings. The first-order valence-corrected chi connectivity index (χ1v) is 44.2. The minimum atomic E-state index is -2.38. The molecule has 13 aliphatic heterocycles. The molecule has 14 aliphatic rings. The van der Waals surface area contributed by atoms with Crippen molar-refractivity contribution >= 4 is 0 Å². The number of nitrogens with zero attached hydrogens (tertiary/aromatic N) is 18. The topological polar surface area (TPSA) is 94.8 Å². The average Bonchev–Trinajstić information content (AvgIpc) is 1.82. The number of rotatable bonds is 5. The zero-order chi connectivity index (χ0) is 81.9. The number of fused-ring (bicyclic) bond motifs is 1. The number of piperidine rings is 5. The molecule has 0 atom stereocenters. The van der Waals surface area contributed by atoms with Crippen LogP contribution in [0.2, 0.25) is 0 Å². The molecule has 0 unspecified atom stereocenters. The van der Waals surface area contributed by atoms with Crippen molar-refractivity contribution in [2.24, 2.45) is 23.2 Å². The Morgan fingerprint density at radius 1 is 0.382 bits per heavy atom. The zero-order valence-electron chi connectivity index (χ0n) is 77.3. The number of piperazine rings is 3. The van der Waals surface area contributed by atoms with Gasteiger partial charge in [-0.3, -0.25) is 4.90 Å². The third-order valence-electron chi connectivity index (χ3n) is 24.9. The van der Waals surface area contributed by atoms with E-state index in [2.05, 4.69) is 217 Å². The highest BCUT2D eigenvalue weighted by Gasteiger charge is 2.38. The van der Waals surface area contributed by atoms with Crippen LogP contribution < -0.4 is 5.32 Å². The molecule has 13 saturated heterocycles. The standard InChI is InChI=1S/C11H22N2.C8H16N2.C8H18N2.C7H17N2.C7H16N2.2C7H15N.C6H11F2N.C6H14N2.C5H12N2.C5H11NO.C5H13NO.C4H8O/c1-12-7-3-11(4-8-12)5-9-13(2)10-6-11;1-9-3-7-5-10(2)6-8(7)4-9;1-9(2)8-4-6-10(3)7-5-8;1-8-4-6-9(2,3)7-5-8;1-8-4-3-5-9(2)7-6-8;1-7-3-5-8(2)6-4-7;1-8-6-4-2-3-5-7-8;1-9-4-2-6(7,8)3-5-9;1-7-3-5-8(2)6-4-7;1-7-4-2-6-3-5-7;1-6-2-4-7-5-3-6;1-6(2)4-5-7-3;1-5-4-2-3-4/h3-10H2,1-2H3;7-8H,3-6H2,1-2H3;8H,4-7H2,1-3H3;4-7H2,1-3H3;3-7H2,1-2H3;7H,3-6H2,1-2H3;2-7H2,1H3;2-5H2,1H3;3-6H2,1-2H3;6H,2-5H2,1H3;2-5H2,1H3;4-5H2,1-3H3;4H,2-3H2,1H3/q;;;+1;;;;;;;;;. The van der Waals surface area contributed by atoms with Crippen molar-refractivity contribution in [3.8, 4) is 0 Å². The van der Waals surface area contributed by atoms with Gasteiger partial charge in [-0.2, -0.15) is 0 Å². The normalized spacial score (nSPS) is 27.1. The summed E-state index contributed by atoms with van der Waals surface area (Å²) in [5.74, 6) is 0.558. The van der Waals surface area contributed by atoms with Crippen LogP contribution in [-0.4, -0.2) is 517 Å². The first-order valence-electron chi connectivity index (χ1n) is 44.2. The number of halogens is 2.